The second-order valence-electron chi connectivity index (χ2n) is 7.66. The molecule has 0 heterocycles. The van der Waals surface area contributed by atoms with E-state index in [0.29, 0.717) is 17.5 Å². The van der Waals surface area contributed by atoms with E-state index in [2.05, 4.69) is 32.7 Å². The smallest absolute Gasteiger partial charge is 0.0555 e. The van der Waals surface area contributed by atoms with Crippen molar-refractivity contribution in [3.8, 4) is 0 Å². The van der Waals surface area contributed by atoms with Gasteiger partial charge in [-0.15, -0.1) is 0 Å². The number of hydrogen-bond acceptors (Lipinski definition) is 2. The Morgan fingerprint density at radius 1 is 1.16 bits per heavy atom. The Morgan fingerprint density at radius 3 is 2.37 bits per heavy atom. The Labute approximate surface area is 119 Å². The number of rotatable bonds is 4. The van der Waals surface area contributed by atoms with Crippen molar-refractivity contribution in [1.82, 2.24) is 4.90 Å². The van der Waals surface area contributed by atoms with Crippen molar-refractivity contribution < 1.29 is 5.11 Å². The molecular formula is C17H33NO. The molecule has 0 saturated heterocycles. The van der Waals surface area contributed by atoms with Crippen molar-refractivity contribution in [1.29, 1.82) is 0 Å². The second-order valence-corrected chi connectivity index (χ2v) is 7.66. The van der Waals surface area contributed by atoms with Gasteiger partial charge in [0.1, 0.15) is 0 Å². The topological polar surface area (TPSA) is 23.5 Å². The van der Waals surface area contributed by atoms with Gasteiger partial charge < -0.3 is 10.0 Å². The Kier molecular flexibility index (Phi) is 4.94. The van der Waals surface area contributed by atoms with Crippen LogP contribution in [0.1, 0.15) is 72.1 Å². The lowest BCUT2D eigenvalue weighted by atomic mass is 9.67. The summed E-state index contributed by atoms with van der Waals surface area (Å²) in [5, 5.41) is 10.1. The molecule has 0 aromatic heterocycles. The summed E-state index contributed by atoms with van der Waals surface area (Å²) in [6.45, 7) is 6.99. The van der Waals surface area contributed by atoms with Crippen LogP contribution in [-0.2, 0) is 0 Å². The maximum atomic E-state index is 10.1. The average molecular weight is 267 g/mol. The average Bonchev–Trinajstić information content (AvgIpc) is 2.80. The highest BCUT2D eigenvalue weighted by Gasteiger charge is 2.47. The zero-order valence-electron chi connectivity index (χ0n) is 13.4. The van der Waals surface area contributed by atoms with Crippen LogP contribution in [0.4, 0.5) is 0 Å². The van der Waals surface area contributed by atoms with E-state index < -0.39 is 0 Å². The van der Waals surface area contributed by atoms with Crippen LogP contribution in [0.25, 0.3) is 0 Å². The van der Waals surface area contributed by atoms with Crippen molar-refractivity contribution in [2.75, 3.05) is 7.05 Å². The van der Waals surface area contributed by atoms with E-state index in [1.807, 2.05) is 0 Å². The van der Waals surface area contributed by atoms with E-state index in [0.717, 1.165) is 18.8 Å². The standard InChI is InChI=1S/C17H33NO/c1-13(2)11-14(3)18(4)16-12-15(19)7-10-17(16)8-5-6-9-17/h13-16,19H,5-12H2,1-4H3. The van der Waals surface area contributed by atoms with Crippen molar-refractivity contribution in [2.24, 2.45) is 11.3 Å². The summed E-state index contributed by atoms with van der Waals surface area (Å²) >= 11 is 0. The lowest BCUT2D eigenvalue weighted by molar-refractivity contribution is -0.0319. The van der Waals surface area contributed by atoms with Gasteiger partial charge in [0.25, 0.3) is 0 Å². The van der Waals surface area contributed by atoms with Crippen LogP contribution in [0.15, 0.2) is 0 Å². The summed E-state index contributed by atoms with van der Waals surface area (Å²) in [6.07, 6.45) is 10.1. The van der Waals surface area contributed by atoms with E-state index in [4.69, 9.17) is 0 Å². The third-order valence-electron chi connectivity index (χ3n) is 5.78. The minimum Gasteiger partial charge on any atom is -0.393 e. The summed E-state index contributed by atoms with van der Waals surface area (Å²) in [5.41, 5.74) is 0.527. The van der Waals surface area contributed by atoms with Gasteiger partial charge in [-0.1, -0.05) is 26.7 Å². The zero-order valence-corrected chi connectivity index (χ0v) is 13.4. The van der Waals surface area contributed by atoms with Crippen molar-refractivity contribution >= 4 is 0 Å². The van der Waals surface area contributed by atoms with Crippen LogP contribution in [0.5, 0.6) is 0 Å². The molecule has 2 saturated carbocycles. The first-order valence-electron chi connectivity index (χ1n) is 8.34. The maximum Gasteiger partial charge on any atom is 0.0555 e. The van der Waals surface area contributed by atoms with E-state index in [-0.39, 0.29) is 6.10 Å². The van der Waals surface area contributed by atoms with Crippen LogP contribution >= 0.6 is 0 Å². The minimum atomic E-state index is -0.0649. The third kappa shape index (κ3) is 3.33. The van der Waals surface area contributed by atoms with Crippen molar-refractivity contribution in [3.63, 3.8) is 0 Å². The van der Waals surface area contributed by atoms with Gasteiger partial charge in [-0.2, -0.15) is 0 Å². The number of aliphatic hydroxyl groups is 1. The van der Waals surface area contributed by atoms with Crippen LogP contribution in [0, 0.1) is 11.3 Å². The molecule has 2 fully saturated rings. The lowest BCUT2D eigenvalue weighted by Crippen LogP contribution is -2.53. The fourth-order valence-electron chi connectivity index (χ4n) is 4.66. The number of hydrogen-bond donors (Lipinski definition) is 1. The fraction of sp³-hybridized carbons (Fsp3) is 1.00. The van der Waals surface area contributed by atoms with Crippen molar-refractivity contribution in [3.05, 3.63) is 0 Å². The van der Waals surface area contributed by atoms with Gasteiger partial charge in [-0.25, -0.2) is 0 Å². The molecule has 1 spiro atoms. The summed E-state index contributed by atoms with van der Waals surface area (Å²) in [5.74, 6) is 0.755. The SMILES string of the molecule is CC(C)CC(C)N(C)C1CC(O)CCC12CCCC2. The monoisotopic (exact) mass is 267 g/mol. The van der Waals surface area contributed by atoms with Crippen LogP contribution < -0.4 is 0 Å². The third-order valence-corrected chi connectivity index (χ3v) is 5.78. The predicted octanol–water partition coefficient (Wildman–Crippen LogP) is 3.83. The summed E-state index contributed by atoms with van der Waals surface area (Å²) < 4.78 is 0. The Bertz CT molecular complexity index is 283. The van der Waals surface area contributed by atoms with Crippen molar-refractivity contribution in [2.45, 2.75) is 90.3 Å². The fourth-order valence-corrected chi connectivity index (χ4v) is 4.66. The molecule has 0 aliphatic heterocycles. The lowest BCUT2D eigenvalue weighted by Gasteiger charge is -2.49. The summed E-state index contributed by atoms with van der Waals surface area (Å²) in [7, 11) is 2.30. The molecule has 19 heavy (non-hydrogen) atoms. The van der Waals surface area contributed by atoms with Crippen LogP contribution in [0.2, 0.25) is 0 Å². The van der Waals surface area contributed by atoms with Crippen LogP contribution in [0.3, 0.4) is 0 Å². The molecule has 2 rings (SSSR count). The molecule has 2 aliphatic carbocycles. The van der Waals surface area contributed by atoms with Gasteiger partial charge in [-0.05, 0) is 63.8 Å². The summed E-state index contributed by atoms with van der Waals surface area (Å²) in [4.78, 5) is 2.60. The minimum absolute atomic E-state index is 0.0649. The molecule has 0 aromatic carbocycles. The highest BCUT2D eigenvalue weighted by Crippen LogP contribution is 2.51. The molecular weight excluding hydrogens is 234 g/mol. The number of nitrogens with zero attached hydrogens (tertiary/aromatic N) is 1. The molecule has 1 N–H and O–H groups in total. The molecule has 3 atom stereocenters. The Morgan fingerprint density at radius 2 is 1.79 bits per heavy atom. The molecule has 0 amide bonds. The quantitative estimate of drug-likeness (QED) is 0.837. The highest BCUT2D eigenvalue weighted by molar-refractivity contribution is 5.00. The van der Waals surface area contributed by atoms with Gasteiger partial charge in [-0.3, -0.25) is 0 Å². The zero-order chi connectivity index (χ0) is 14.0. The highest BCUT2D eigenvalue weighted by atomic mass is 16.3. The van der Waals surface area contributed by atoms with Gasteiger partial charge in [0.05, 0.1) is 6.10 Å². The molecule has 3 unspecified atom stereocenters. The van der Waals surface area contributed by atoms with Gasteiger partial charge >= 0.3 is 0 Å². The van der Waals surface area contributed by atoms with Gasteiger partial charge in [0.15, 0.2) is 0 Å². The predicted molar refractivity (Wildman–Crippen MR) is 81.2 cm³/mol. The van der Waals surface area contributed by atoms with Crippen LogP contribution in [-0.4, -0.2) is 35.2 Å². The molecule has 2 aliphatic rings. The molecule has 2 heteroatoms. The Balaban J connectivity index is 2.08. The van der Waals surface area contributed by atoms with E-state index in [1.165, 1.54) is 38.5 Å². The molecule has 112 valence electrons. The van der Waals surface area contributed by atoms with E-state index in [9.17, 15) is 5.11 Å². The van der Waals surface area contributed by atoms with Gasteiger partial charge in [0, 0.05) is 12.1 Å². The van der Waals surface area contributed by atoms with E-state index >= 15 is 0 Å². The molecule has 2 nitrogen and oxygen atoms in total. The molecule has 0 bridgehead atoms. The molecule has 0 aromatic rings. The Hall–Kier alpha value is -0.0800. The second kappa shape index (κ2) is 6.13. The largest absolute Gasteiger partial charge is 0.393 e. The summed E-state index contributed by atoms with van der Waals surface area (Å²) in [6, 6.07) is 1.24. The number of aliphatic hydroxyl groups excluding tert-OH is 1. The first-order valence-corrected chi connectivity index (χ1v) is 8.34. The van der Waals surface area contributed by atoms with E-state index in [1.54, 1.807) is 0 Å². The molecule has 0 radical (unpaired) electrons. The van der Waals surface area contributed by atoms with Gasteiger partial charge in [0.2, 0.25) is 0 Å². The first kappa shape index (κ1) is 15.3. The normalized spacial score (nSPS) is 32.4. The first-order chi connectivity index (χ1) is 8.94. The maximum absolute atomic E-state index is 10.1.